The minimum Gasteiger partial charge on any atom is -0.449 e. The second-order valence-electron chi connectivity index (χ2n) is 6.76. The number of carbonyl (C=O) groups excluding carboxylic acids is 1. The van der Waals surface area contributed by atoms with E-state index < -0.39 is 11.7 Å². The number of rotatable bonds is 4. The molecule has 4 nitrogen and oxygen atoms in total. The summed E-state index contributed by atoms with van der Waals surface area (Å²) in [5.41, 5.74) is 4.09. The minimum absolute atomic E-state index is 0.0648. The van der Waals surface area contributed by atoms with Crippen molar-refractivity contribution in [3.05, 3.63) is 59.7 Å². The van der Waals surface area contributed by atoms with Gasteiger partial charge in [0.05, 0.1) is 5.60 Å². The van der Waals surface area contributed by atoms with Gasteiger partial charge in [-0.3, -0.25) is 0 Å². The Bertz CT molecular complexity index is 721. The molecule has 0 radical (unpaired) electrons. The second kappa shape index (κ2) is 5.95. The summed E-state index contributed by atoms with van der Waals surface area (Å²) in [5, 5.41) is 12.7. The number of benzene rings is 2. The van der Waals surface area contributed by atoms with Crippen LogP contribution in [0.15, 0.2) is 48.5 Å². The average Bonchev–Trinajstić information content (AvgIpc) is 2.90. The first-order chi connectivity index (χ1) is 11.7. The van der Waals surface area contributed by atoms with E-state index >= 15 is 0 Å². The first-order valence-electron chi connectivity index (χ1n) is 8.48. The third kappa shape index (κ3) is 2.67. The Hall–Kier alpha value is -2.33. The summed E-state index contributed by atoms with van der Waals surface area (Å²) in [7, 11) is 0. The van der Waals surface area contributed by atoms with E-state index in [2.05, 4.69) is 29.6 Å². The van der Waals surface area contributed by atoms with Crippen molar-refractivity contribution in [3.63, 3.8) is 0 Å². The van der Waals surface area contributed by atoms with Crippen LogP contribution < -0.4 is 5.32 Å². The molecule has 0 atom stereocenters. The Morgan fingerprint density at radius 1 is 1.08 bits per heavy atom. The van der Waals surface area contributed by atoms with Crippen molar-refractivity contribution in [1.82, 2.24) is 5.32 Å². The van der Waals surface area contributed by atoms with Crippen molar-refractivity contribution in [2.24, 2.45) is 0 Å². The molecule has 2 N–H and O–H groups in total. The van der Waals surface area contributed by atoms with Crippen LogP contribution in [0, 0.1) is 0 Å². The molecule has 0 aliphatic heterocycles. The molecule has 0 saturated heterocycles. The first kappa shape index (κ1) is 15.2. The van der Waals surface area contributed by atoms with Crippen LogP contribution >= 0.6 is 0 Å². The van der Waals surface area contributed by atoms with E-state index in [-0.39, 0.29) is 12.5 Å². The molecule has 0 aromatic heterocycles. The van der Waals surface area contributed by atoms with E-state index in [1.807, 2.05) is 24.3 Å². The van der Waals surface area contributed by atoms with Crippen molar-refractivity contribution in [1.29, 1.82) is 0 Å². The van der Waals surface area contributed by atoms with Gasteiger partial charge in [-0.2, -0.15) is 0 Å². The van der Waals surface area contributed by atoms with Gasteiger partial charge in [0.25, 0.3) is 0 Å². The molecule has 2 aliphatic carbocycles. The Morgan fingerprint density at radius 3 is 2.21 bits per heavy atom. The zero-order valence-corrected chi connectivity index (χ0v) is 13.5. The lowest BCUT2D eigenvalue weighted by Crippen LogP contribution is -2.48. The van der Waals surface area contributed by atoms with Crippen LogP contribution in [0.5, 0.6) is 0 Å². The quantitative estimate of drug-likeness (QED) is 0.906. The highest BCUT2D eigenvalue weighted by atomic mass is 16.5. The maximum absolute atomic E-state index is 12.0. The van der Waals surface area contributed by atoms with Gasteiger partial charge in [-0.1, -0.05) is 48.5 Å². The monoisotopic (exact) mass is 323 g/mol. The lowest BCUT2D eigenvalue weighted by molar-refractivity contribution is -0.0310. The van der Waals surface area contributed by atoms with Crippen molar-refractivity contribution in [2.45, 2.75) is 30.8 Å². The number of fused-ring (bicyclic) bond motifs is 3. The Morgan fingerprint density at radius 2 is 1.67 bits per heavy atom. The molecule has 24 heavy (non-hydrogen) atoms. The van der Waals surface area contributed by atoms with Crippen LogP contribution in [0.2, 0.25) is 0 Å². The number of hydrogen-bond donors (Lipinski definition) is 2. The number of nitrogens with one attached hydrogen (secondary N) is 1. The highest BCUT2D eigenvalue weighted by molar-refractivity contribution is 5.79. The molecule has 0 spiro atoms. The number of carbonyl (C=O) groups is 1. The Kier molecular flexibility index (Phi) is 3.77. The van der Waals surface area contributed by atoms with Gasteiger partial charge in [-0.05, 0) is 41.5 Å². The number of alkyl carbamates (subject to hydrolysis) is 1. The smallest absolute Gasteiger partial charge is 0.407 e. The van der Waals surface area contributed by atoms with Crippen LogP contribution in [0.4, 0.5) is 4.79 Å². The number of amides is 1. The van der Waals surface area contributed by atoms with Crippen LogP contribution in [0.25, 0.3) is 11.1 Å². The van der Waals surface area contributed by atoms with Gasteiger partial charge in [-0.15, -0.1) is 0 Å². The fraction of sp³-hybridized carbons (Fsp3) is 0.350. The van der Waals surface area contributed by atoms with Gasteiger partial charge in [-0.25, -0.2) is 4.79 Å². The second-order valence-corrected chi connectivity index (χ2v) is 6.76. The lowest BCUT2D eigenvalue weighted by Gasteiger charge is -2.36. The summed E-state index contributed by atoms with van der Waals surface area (Å²) >= 11 is 0. The molecule has 0 heterocycles. The summed E-state index contributed by atoms with van der Waals surface area (Å²) < 4.78 is 5.44. The largest absolute Gasteiger partial charge is 0.449 e. The third-order valence-corrected chi connectivity index (χ3v) is 5.19. The van der Waals surface area contributed by atoms with Gasteiger partial charge in [0.2, 0.25) is 0 Å². The fourth-order valence-electron chi connectivity index (χ4n) is 3.65. The predicted octanol–water partition coefficient (Wildman–Crippen LogP) is 3.44. The molecule has 2 aromatic carbocycles. The van der Waals surface area contributed by atoms with Gasteiger partial charge >= 0.3 is 6.09 Å². The molecule has 4 rings (SSSR count). The predicted molar refractivity (Wildman–Crippen MR) is 91.9 cm³/mol. The maximum atomic E-state index is 12.0. The number of ether oxygens (including phenoxy) is 1. The fourth-order valence-corrected chi connectivity index (χ4v) is 3.65. The highest BCUT2D eigenvalue weighted by Crippen LogP contribution is 2.44. The van der Waals surface area contributed by atoms with Crippen molar-refractivity contribution in [3.8, 4) is 11.1 Å². The van der Waals surface area contributed by atoms with E-state index in [1.165, 1.54) is 22.3 Å². The standard InChI is InChI=1S/C20H21NO3/c22-19(21-13-20(23)10-5-11-20)24-12-18-16-8-3-1-6-14(16)15-7-2-4-9-17(15)18/h1-4,6-9,18,23H,5,10-13H2,(H,21,22). The average molecular weight is 323 g/mol. The molecule has 2 aromatic rings. The van der Waals surface area contributed by atoms with E-state index in [1.54, 1.807) is 0 Å². The summed E-state index contributed by atoms with van der Waals surface area (Å²) in [4.78, 5) is 12.0. The van der Waals surface area contributed by atoms with E-state index in [0.29, 0.717) is 6.61 Å². The normalized spacial score (nSPS) is 17.5. The maximum Gasteiger partial charge on any atom is 0.407 e. The summed E-state index contributed by atoms with van der Waals surface area (Å²) in [6.45, 7) is 0.571. The zero-order chi connectivity index (χ0) is 16.6. The van der Waals surface area contributed by atoms with Crippen molar-refractivity contribution in [2.75, 3.05) is 13.2 Å². The van der Waals surface area contributed by atoms with Gasteiger partial charge in [0, 0.05) is 12.5 Å². The molecule has 0 unspecified atom stereocenters. The third-order valence-electron chi connectivity index (χ3n) is 5.19. The molecule has 0 bridgehead atoms. The lowest BCUT2D eigenvalue weighted by atomic mass is 9.80. The summed E-state index contributed by atoms with van der Waals surface area (Å²) in [6, 6.07) is 16.5. The SMILES string of the molecule is O=C(NCC1(O)CCC1)OCC1c2ccccc2-c2ccccc21. The van der Waals surface area contributed by atoms with Crippen molar-refractivity contribution < 1.29 is 14.6 Å². The molecule has 1 fully saturated rings. The molecule has 124 valence electrons. The Balaban J connectivity index is 1.44. The van der Waals surface area contributed by atoms with Crippen LogP contribution in [0.1, 0.15) is 36.3 Å². The van der Waals surface area contributed by atoms with Crippen LogP contribution in [-0.4, -0.2) is 30.0 Å². The zero-order valence-electron chi connectivity index (χ0n) is 13.5. The molecule has 1 saturated carbocycles. The van der Waals surface area contributed by atoms with Crippen LogP contribution in [-0.2, 0) is 4.74 Å². The van der Waals surface area contributed by atoms with E-state index in [0.717, 1.165) is 19.3 Å². The van der Waals surface area contributed by atoms with E-state index in [4.69, 9.17) is 4.74 Å². The van der Waals surface area contributed by atoms with Gasteiger partial charge in [0.15, 0.2) is 0 Å². The first-order valence-corrected chi connectivity index (χ1v) is 8.48. The molecule has 1 amide bonds. The minimum atomic E-state index is -0.731. The van der Waals surface area contributed by atoms with Crippen LogP contribution in [0.3, 0.4) is 0 Å². The molecule has 4 heteroatoms. The summed E-state index contributed by atoms with van der Waals surface area (Å²) in [6.07, 6.45) is 2.05. The van der Waals surface area contributed by atoms with Gasteiger partial charge in [0.1, 0.15) is 6.61 Å². The summed E-state index contributed by atoms with van der Waals surface area (Å²) in [5.74, 6) is 0.0648. The van der Waals surface area contributed by atoms with Crippen molar-refractivity contribution >= 4 is 6.09 Å². The highest BCUT2D eigenvalue weighted by Gasteiger charge is 2.35. The topological polar surface area (TPSA) is 58.6 Å². The number of hydrogen-bond acceptors (Lipinski definition) is 3. The molecular weight excluding hydrogens is 302 g/mol. The Labute approximate surface area is 141 Å². The van der Waals surface area contributed by atoms with E-state index in [9.17, 15) is 9.90 Å². The molecule has 2 aliphatic rings. The van der Waals surface area contributed by atoms with Gasteiger partial charge < -0.3 is 15.2 Å². The number of aliphatic hydroxyl groups is 1. The molecular formula is C20H21NO3.